The molecule has 35 heavy (non-hydrogen) atoms. The van der Waals surface area contributed by atoms with Crippen LogP contribution in [0.2, 0.25) is 20.1 Å². The Bertz CT molecular complexity index is 983. The molecule has 0 saturated heterocycles. The number of methoxy groups -OCH3 is 2. The number of carbonyl (C=O) groups is 2. The molecule has 0 aliphatic heterocycles. The van der Waals surface area contributed by atoms with E-state index in [9.17, 15) is 9.59 Å². The zero-order chi connectivity index (χ0) is 27.9. The average Bonchev–Trinajstić information content (AvgIpc) is 2.71. The third kappa shape index (κ3) is 16.8. The van der Waals surface area contributed by atoms with Gasteiger partial charge in [-0.3, -0.25) is 0 Å². The van der Waals surface area contributed by atoms with E-state index in [1.807, 2.05) is 0 Å². The van der Waals surface area contributed by atoms with Crippen molar-refractivity contribution in [3.63, 3.8) is 0 Å². The van der Waals surface area contributed by atoms with Crippen molar-refractivity contribution in [1.29, 1.82) is 0 Å². The molecule has 0 saturated carbocycles. The van der Waals surface area contributed by atoms with Crippen LogP contribution in [0, 0.1) is 6.92 Å². The van der Waals surface area contributed by atoms with Gasteiger partial charge in [0.15, 0.2) is 0 Å². The Morgan fingerprint density at radius 3 is 1.60 bits per heavy atom. The standard InChI is InChI=1S/C9H7BrCl2O2.C9H8Cl2O2.CCl4.BHNS/c1-14-9(13)8-5(4-10)2-6(11)3-7(8)12;1-5-3-6(10)4-7(11)8(5)9(12)13-2;2-1(3,4)5;1-2-3/h2-3H,4H2,1H3;3-4H,1-2H3;;3H. The first-order chi connectivity index (χ1) is 16.1. The summed E-state index contributed by atoms with van der Waals surface area (Å²) in [6.07, 6.45) is 0. The van der Waals surface area contributed by atoms with E-state index in [-0.39, 0.29) is 0 Å². The Morgan fingerprint density at radius 2 is 1.26 bits per heavy atom. The molecule has 2 aromatic rings. The molecule has 0 heterocycles. The van der Waals surface area contributed by atoms with Crippen molar-refractivity contribution in [2.75, 3.05) is 14.2 Å². The van der Waals surface area contributed by atoms with E-state index >= 15 is 0 Å². The van der Waals surface area contributed by atoms with Crippen molar-refractivity contribution in [1.82, 2.24) is 0 Å². The first-order valence-electron chi connectivity index (χ1n) is 8.53. The normalized spacial score (nSPS) is 9.71. The fourth-order valence-corrected chi connectivity index (χ4v) is 3.85. The van der Waals surface area contributed by atoms with Crippen LogP contribution in [-0.2, 0) is 14.8 Å². The second kappa shape index (κ2) is 19.5. The molecule has 0 bridgehead atoms. The number of aryl methyl sites for hydroxylation is 1. The molecule has 0 spiro atoms. The van der Waals surface area contributed by atoms with Crippen LogP contribution in [0.3, 0.4) is 0 Å². The number of hydrogen-bond acceptors (Lipinski definition) is 6. The topological polar surface area (TPSA) is 65.0 Å². The predicted molar refractivity (Wildman–Crippen MR) is 156 cm³/mol. The molecular weight excluding hydrogens is 713 g/mol. The minimum absolute atomic E-state index is 0.304. The van der Waals surface area contributed by atoms with Gasteiger partial charge in [0.2, 0.25) is 0 Å². The van der Waals surface area contributed by atoms with Crippen molar-refractivity contribution in [2.45, 2.75) is 15.5 Å². The van der Waals surface area contributed by atoms with E-state index < -0.39 is 15.2 Å². The molecule has 16 heteroatoms. The summed E-state index contributed by atoms with van der Waals surface area (Å²) >= 11 is 49.0. The maximum atomic E-state index is 11.4. The van der Waals surface area contributed by atoms with Gasteiger partial charge in [-0.1, -0.05) is 109 Å². The molecule has 2 rings (SSSR count). The van der Waals surface area contributed by atoms with Crippen LogP contribution in [0.5, 0.6) is 0 Å². The number of nitrogens with zero attached hydrogens (tertiary/aromatic N) is 1. The third-order valence-electron chi connectivity index (χ3n) is 3.31. The van der Waals surface area contributed by atoms with Crippen molar-refractivity contribution < 1.29 is 19.1 Å². The predicted octanol–water partition coefficient (Wildman–Crippen LogP) is 9.50. The van der Waals surface area contributed by atoms with Crippen LogP contribution in [0.15, 0.2) is 28.6 Å². The third-order valence-corrected chi connectivity index (χ3v) is 4.95. The van der Waals surface area contributed by atoms with Crippen LogP contribution in [0.1, 0.15) is 31.8 Å². The molecule has 0 unspecified atom stereocenters. The summed E-state index contributed by atoms with van der Waals surface area (Å²) in [5.74, 6) is -0.903. The zero-order valence-electron chi connectivity index (χ0n) is 18.0. The SMILES string of the molecule is COC(=O)c1c(C)cc(Cl)cc1Cl.COC(=O)c1c(Cl)cc(Cl)cc1CBr.ClC(Cl)(Cl)Cl.[B]=NS. The van der Waals surface area contributed by atoms with Crippen LogP contribution in [-0.4, -0.2) is 37.0 Å². The van der Waals surface area contributed by atoms with Crippen LogP contribution in [0.25, 0.3) is 0 Å². The monoisotopic (exact) mass is 724 g/mol. The van der Waals surface area contributed by atoms with Gasteiger partial charge in [0.05, 0.1) is 35.4 Å². The van der Waals surface area contributed by atoms with Crippen LogP contribution in [0.4, 0.5) is 0 Å². The van der Waals surface area contributed by atoms with E-state index in [4.69, 9.17) is 92.8 Å². The number of thiol groups is 1. The van der Waals surface area contributed by atoms with Gasteiger partial charge in [-0.2, -0.15) is 0 Å². The average molecular weight is 729 g/mol. The quantitative estimate of drug-likeness (QED) is 0.148. The summed E-state index contributed by atoms with van der Waals surface area (Å²) < 4.78 is 10.3. The van der Waals surface area contributed by atoms with E-state index in [2.05, 4.69) is 50.2 Å². The summed E-state index contributed by atoms with van der Waals surface area (Å²) in [6.45, 7) is 1.75. The second-order valence-corrected chi connectivity index (χ2v) is 11.6. The maximum absolute atomic E-state index is 11.4. The number of esters is 2. The first kappa shape index (κ1) is 37.5. The molecule has 1 radical (unpaired) electrons. The summed E-state index contributed by atoms with van der Waals surface area (Å²) in [4.78, 5) is 22.6. The Labute approximate surface area is 258 Å². The van der Waals surface area contributed by atoms with Crippen molar-refractivity contribution in [3.05, 3.63) is 66.6 Å². The van der Waals surface area contributed by atoms with Gasteiger partial charge < -0.3 is 9.47 Å². The van der Waals surface area contributed by atoms with Gasteiger partial charge >= 0.3 is 36.7 Å². The number of rotatable bonds is 3. The van der Waals surface area contributed by atoms with E-state index in [0.29, 0.717) is 47.7 Å². The number of carbonyl (C=O) groups excluding carboxylic acids is 2. The van der Waals surface area contributed by atoms with E-state index in [1.165, 1.54) is 26.4 Å². The fraction of sp³-hybridized carbons (Fsp3) is 0.263. The van der Waals surface area contributed by atoms with Crippen molar-refractivity contribution >= 4 is 141 Å². The molecule has 0 amide bonds. The molecule has 0 atom stereocenters. The first-order valence-corrected chi connectivity index (χ1v) is 13.1. The number of benzene rings is 2. The molecule has 0 aliphatic rings. The molecular formula is C19H16BBrCl8NO4S. The molecule has 2 aromatic carbocycles. The van der Waals surface area contributed by atoms with Gasteiger partial charge in [0, 0.05) is 15.4 Å². The summed E-state index contributed by atoms with van der Waals surface area (Å²) in [7, 11) is 6.96. The molecule has 0 aliphatic carbocycles. The van der Waals surface area contributed by atoms with Crippen LogP contribution >= 0.6 is 122 Å². The van der Waals surface area contributed by atoms with E-state index in [1.54, 1.807) is 19.1 Å². The molecule has 0 aromatic heterocycles. The van der Waals surface area contributed by atoms with Crippen molar-refractivity contribution in [2.24, 2.45) is 4.30 Å². The number of ether oxygens (including phenoxy) is 2. The van der Waals surface area contributed by atoms with Gasteiger partial charge in [0.1, 0.15) is 0 Å². The Morgan fingerprint density at radius 1 is 0.914 bits per heavy atom. The van der Waals surface area contributed by atoms with E-state index in [0.717, 1.165) is 0 Å². The number of hydrogen-bond donors (Lipinski definition) is 1. The zero-order valence-corrected chi connectivity index (χ0v) is 26.6. The summed E-state index contributed by atoms with van der Waals surface area (Å²) in [5, 5.41) is 2.13. The van der Waals surface area contributed by atoms with Gasteiger partial charge in [0.25, 0.3) is 3.25 Å². The number of halogens is 9. The molecule has 0 fully saturated rings. The summed E-state index contributed by atoms with van der Waals surface area (Å²) in [6, 6.07) is 6.37. The van der Waals surface area contributed by atoms with Gasteiger partial charge in [-0.25, -0.2) is 9.59 Å². The molecule has 193 valence electrons. The van der Waals surface area contributed by atoms with Gasteiger partial charge in [-0.15, -0.1) is 0 Å². The summed E-state index contributed by atoms with van der Waals surface area (Å²) in [5.41, 5.74) is 2.16. The Balaban J connectivity index is 0. The molecule has 0 N–H and O–H groups in total. The minimum atomic E-state index is -1.61. The van der Waals surface area contributed by atoms with Gasteiger partial charge in [-0.05, 0) is 42.3 Å². The number of alkyl halides is 5. The second-order valence-electron chi connectivity index (χ2n) is 5.66. The molecule has 5 nitrogen and oxygen atoms in total. The Kier molecular flexibility index (Phi) is 20.9. The fourth-order valence-electron chi connectivity index (χ4n) is 2.13. The van der Waals surface area contributed by atoms with Crippen molar-refractivity contribution in [3.8, 4) is 0 Å². The van der Waals surface area contributed by atoms with Crippen LogP contribution < -0.4 is 0 Å². The Hall–Kier alpha value is 0.395.